The predicted octanol–water partition coefficient (Wildman–Crippen LogP) is 4.54. The summed E-state index contributed by atoms with van der Waals surface area (Å²) >= 11 is 0. The second-order valence-corrected chi connectivity index (χ2v) is 6.46. The van der Waals surface area contributed by atoms with E-state index in [-0.39, 0.29) is 11.5 Å². The van der Waals surface area contributed by atoms with Crippen molar-refractivity contribution in [2.45, 2.75) is 6.54 Å². The minimum Gasteiger partial charge on any atom is -0.364 e. The van der Waals surface area contributed by atoms with Gasteiger partial charge in [0.25, 0.3) is 5.91 Å². The first kappa shape index (κ1) is 19.2. The van der Waals surface area contributed by atoms with Crippen LogP contribution in [0.2, 0.25) is 0 Å². The highest BCUT2D eigenvalue weighted by Crippen LogP contribution is 2.19. The Morgan fingerprint density at radius 3 is 2.40 bits per heavy atom. The number of pyridine rings is 1. The number of carbonyl (C=O) groups is 1. The van der Waals surface area contributed by atoms with E-state index in [4.69, 9.17) is 0 Å². The van der Waals surface area contributed by atoms with Crippen molar-refractivity contribution in [3.8, 4) is 11.4 Å². The number of benzene rings is 2. The Labute approximate surface area is 172 Å². The minimum atomic E-state index is -0.415. The number of halogens is 1. The molecular formula is C23H18FN5O. The van der Waals surface area contributed by atoms with E-state index >= 15 is 0 Å². The van der Waals surface area contributed by atoms with E-state index in [2.05, 4.69) is 25.6 Å². The molecule has 2 N–H and O–H groups in total. The fourth-order valence-electron chi connectivity index (χ4n) is 2.78. The summed E-state index contributed by atoms with van der Waals surface area (Å²) in [7, 11) is 0. The quantitative estimate of drug-likeness (QED) is 0.498. The number of hydrogen-bond donors (Lipinski definition) is 2. The molecular weight excluding hydrogens is 381 g/mol. The molecule has 30 heavy (non-hydrogen) atoms. The third-order valence-electron chi connectivity index (χ3n) is 4.27. The molecule has 1 amide bonds. The smallest absolute Gasteiger partial charge is 0.274 e. The van der Waals surface area contributed by atoms with Gasteiger partial charge >= 0.3 is 0 Å². The van der Waals surface area contributed by atoms with Gasteiger partial charge in [0, 0.05) is 23.5 Å². The number of anilines is 2. The topological polar surface area (TPSA) is 79.8 Å². The van der Waals surface area contributed by atoms with Crippen molar-refractivity contribution < 1.29 is 9.18 Å². The highest BCUT2D eigenvalue weighted by molar-refractivity contribution is 6.03. The molecule has 2 heterocycles. The van der Waals surface area contributed by atoms with E-state index in [1.165, 1.54) is 24.3 Å². The summed E-state index contributed by atoms with van der Waals surface area (Å²) in [5.74, 6) is 0.133. The average molecular weight is 399 g/mol. The molecule has 4 rings (SSSR count). The lowest BCUT2D eigenvalue weighted by atomic mass is 10.2. The molecule has 4 aromatic rings. The van der Waals surface area contributed by atoms with Gasteiger partial charge in [-0.2, -0.15) is 0 Å². The van der Waals surface area contributed by atoms with Crippen molar-refractivity contribution in [2.24, 2.45) is 0 Å². The third kappa shape index (κ3) is 4.82. The fourth-order valence-corrected chi connectivity index (χ4v) is 2.78. The van der Waals surface area contributed by atoms with E-state index < -0.39 is 5.91 Å². The molecule has 0 saturated carbocycles. The zero-order chi connectivity index (χ0) is 20.8. The predicted molar refractivity (Wildman–Crippen MR) is 113 cm³/mol. The van der Waals surface area contributed by atoms with Crippen LogP contribution in [-0.4, -0.2) is 20.9 Å². The molecule has 0 atom stereocenters. The van der Waals surface area contributed by atoms with Crippen LogP contribution in [0.25, 0.3) is 11.4 Å². The van der Waals surface area contributed by atoms with E-state index in [1.807, 2.05) is 48.5 Å². The maximum absolute atomic E-state index is 13.1. The van der Waals surface area contributed by atoms with Crippen molar-refractivity contribution in [1.82, 2.24) is 15.0 Å². The van der Waals surface area contributed by atoms with Crippen LogP contribution in [0.4, 0.5) is 15.9 Å². The van der Waals surface area contributed by atoms with Gasteiger partial charge in [-0.15, -0.1) is 0 Å². The molecule has 0 unspecified atom stereocenters. The van der Waals surface area contributed by atoms with Gasteiger partial charge in [0.2, 0.25) is 0 Å². The normalized spacial score (nSPS) is 10.4. The summed E-state index contributed by atoms with van der Waals surface area (Å²) in [6.07, 6.45) is 1.72. The molecule has 0 aliphatic rings. The van der Waals surface area contributed by atoms with Crippen molar-refractivity contribution in [3.63, 3.8) is 0 Å². The molecule has 0 radical (unpaired) electrons. The summed E-state index contributed by atoms with van der Waals surface area (Å²) in [6.45, 7) is 0.450. The first-order valence-corrected chi connectivity index (χ1v) is 9.32. The van der Waals surface area contributed by atoms with Crippen LogP contribution in [0.1, 0.15) is 16.2 Å². The molecule has 0 fully saturated rings. The molecule has 0 spiro atoms. The number of rotatable bonds is 6. The lowest BCUT2D eigenvalue weighted by Gasteiger charge is -2.11. The maximum atomic E-state index is 13.1. The van der Waals surface area contributed by atoms with Crippen LogP contribution >= 0.6 is 0 Å². The molecule has 0 bridgehead atoms. The van der Waals surface area contributed by atoms with Gasteiger partial charge in [-0.05, 0) is 36.4 Å². The monoisotopic (exact) mass is 399 g/mol. The van der Waals surface area contributed by atoms with Gasteiger partial charge in [0.1, 0.15) is 17.3 Å². The highest BCUT2D eigenvalue weighted by Gasteiger charge is 2.14. The van der Waals surface area contributed by atoms with Gasteiger partial charge in [-0.1, -0.05) is 36.4 Å². The van der Waals surface area contributed by atoms with E-state index in [0.29, 0.717) is 23.9 Å². The van der Waals surface area contributed by atoms with Crippen molar-refractivity contribution in [1.29, 1.82) is 0 Å². The van der Waals surface area contributed by atoms with E-state index in [1.54, 1.807) is 12.3 Å². The molecule has 0 aliphatic carbocycles. The van der Waals surface area contributed by atoms with Crippen LogP contribution < -0.4 is 10.6 Å². The van der Waals surface area contributed by atoms with Gasteiger partial charge in [-0.25, -0.2) is 14.4 Å². The molecule has 6 nitrogen and oxygen atoms in total. The van der Waals surface area contributed by atoms with Gasteiger partial charge < -0.3 is 10.6 Å². The Bertz CT molecular complexity index is 1140. The summed E-state index contributed by atoms with van der Waals surface area (Å²) < 4.78 is 13.1. The van der Waals surface area contributed by atoms with Crippen molar-refractivity contribution >= 4 is 17.4 Å². The second kappa shape index (κ2) is 8.91. The number of aromatic nitrogens is 3. The molecule has 0 aliphatic heterocycles. The summed E-state index contributed by atoms with van der Waals surface area (Å²) in [6, 6.07) is 22.2. The number of nitrogens with one attached hydrogen (secondary N) is 2. The minimum absolute atomic E-state index is 0.191. The number of carbonyl (C=O) groups excluding carboxylic acids is 1. The largest absolute Gasteiger partial charge is 0.364 e. The number of hydrogen-bond acceptors (Lipinski definition) is 5. The fraction of sp³-hybridized carbons (Fsp3) is 0.0435. The average Bonchev–Trinajstić information content (AvgIpc) is 2.80. The number of nitrogens with zero attached hydrogens (tertiary/aromatic N) is 3. The van der Waals surface area contributed by atoms with E-state index in [0.717, 1.165) is 11.3 Å². The van der Waals surface area contributed by atoms with Crippen molar-refractivity contribution in [2.75, 3.05) is 10.6 Å². The molecule has 2 aromatic heterocycles. The van der Waals surface area contributed by atoms with Crippen LogP contribution in [0, 0.1) is 5.82 Å². The van der Waals surface area contributed by atoms with Crippen LogP contribution in [0.3, 0.4) is 0 Å². The molecule has 148 valence electrons. The molecule has 0 saturated heterocycles. The SMILES string of the molecule is O=C(Nc1ccc(F)cc1)c1cc(NCc2ccccn2)nc(-c2ccccc2)n1. The Morgan fingerprint density at radius 1 is 0.900 bits per heavy atom. The number of amides is 1. The summed E-state index contributed by atoms with van der Waals surface area (Å²) in [5.41, 5.74) is 2.30. The van der Waals surface area contributed by atoms with Gasteiger partial charge in [0.15, 0.2) is 5.82 Å². The Morgan fingerprint density at radius 2 is 1.67 bits per heavy atom. The second-order valence-electron chi connectivity index (χ2n) is 6.46. The first-order chi connectivity index (χ1) is 14.7. The Balaban J connectivity index is 1.62. The maximum Gasteiger partial charge on any atom is 0.274 e. The first-order valence-electron chi connectivity index (χ1n) is 9.32. The molecule has 2 aromatic carbocycles. The van der Waals surface area contributed by atoms with Crippen LogP contribution in [0.15, 0.2) is 85.1 Å². The van der Waals surface area contributed by atoms with Gasteiger partial charge in [-0.3, -0.25) is 9.78 Å². The summed E-state index contributed by atoms with van der Waals surface area (Å²) in [5, 5.41) is 5.92. The van der Waals surface area contributed by atoms with Gasteiger partial charge in [0.05, 0.1) is 12.2 Å². The lowest BCUT2D eigenvalue weighted by molar-refractivity contribution is 0.102. The standard InChI is InChI=1S/C23H18FN5O/c24-17-9-11-18(12-10-17)27-23(30)20-14-21(26-15-19-8-4-5-13-25-19)29-22(28-20)16-6-2-1-3-7-16/h1-14H,15H2,(H,27,30)(H,26,28,29). The van der Waals surface area contributed by atoms with Crippen LogP contribution in [-0.2, 0) is 6.54 Å². The van der Waals surface area contributed by atoms with Crippen LogP contribution in [0.5, 0.6) is 0 Å². The zero-order valence-electron chi connectivity index (χ0n) is 15.9. The summed E-state index contributed by atoms with van der Waals surface area (Å²) in [4.78, 5) is 26.0. The molecule has 7 heteroatoms. The Kier molecular flexibility index (Phi) is 5.70. The highest BCUT2D eigenvalue weighted by atomic mass is 19.1. The Hall–Kier alpha value is -4.13. The zero-order valence-corrected chi connectivity index (χ0v) is 15.9. The van der Waals surface area contributed by atoms with E-state index in [9.17, 15) is 9.18 Å². The van der Waals surface area contributed by atoms with Crippen molar-refractivity contribution in [3.05, 3.63) is 102 Å². The third-order valence-corrected chi connectivity index (χ3v) is 4.27. The lowest BCUT2D eigenvalue weighted by Crippen LogP contribution is -2.16.